The summed E-state index contributed by atoms with van der Waals surface area (Å²) in [5.74, 6) is 0. The molecule has 0 saturated carbocycles. The molecule has 56 heavy (non-hydrogen) atoms. The van der Waals surface area contributed by atoms with Crippen LogP contribution < -0.4 is 4.90 Å². The first-order valence-corrected chi connectivity index (χ1v) is 19.8. The van der Waals surface area contributed by atoms with Gasteiger partial charge in [-0.05, 0) is 130 Å². The quantitative estimate of drug-likeness (QED) is 0.170. The Morgan fingerprint density at radius 3 is 1.88 bits per heavy atom. The second-order valence-electron chi connectivity index (χ2n) is 16.5. The maximum absolute atomic E-state index is 6.13. The molecule has 8 aromatic rings. The number of allylic oxidation sites excluding steroid dienone is 4. The van der Waals surface area contributed by atoms with E-state index in [0.29, 0.717) is 0 Å². The van der Waals surface area contributed by atoms with E-state index in [9.17, 15) is 0 Å². The largest absolute Gasteiger partial charge is 0.456 e. The van der Waals surface area contributed by atoms with Crippen LogP contribution in [-0.4, -0.2) is 0 Å². The zero-order valence-corrected chi connectivity index (χ0v) is 32.9. The summed E-state index contributed by atoms with van der Waals surface area (Å²) in [6.07, 6.45) is 4.42. The van der Waals surface area contributed by atoms with Crippen molar-refractivity contribution < 1.29 is 4.42 Å². The minimum absolute atomic E-state index is 0.0375. The highest BCUT2D eigenvalue weighted by molar-refractivity contribution is 6.06. The Balaban J connectivity index is 1.08. The van der Waals surface area contributed by atoms with Gasteiger partial charge in [-0.25, -0.2) is 0 Å². The molecule has 0 radical (unpaired) electrons. The molecule has 10 rings (SSSR count). The van der Waals surface area contributed by atoms with Gasteiger partial charge >= 0.3 is 0 Å². The average Bonchev–Trinajstić information content (AvgIpc) is 3.78. The van der Waals surface area contributed by atoms with Crippen molar-refractivity contribution in [3.8, 4) is 33.4 Å². The normalized spacial score (nSPS) is 15.1. The Labute approximate surface area is 330 Å². The van der Waals surface area contributed by atoms with E-state index >= 15 is 0 Å². The molecule has 0 N–H and O–H groups in total. The molecule has 0 aliphatic heterocycles. The summed E-state index contributed by atoms with van der Waals surface area (Å²) in [6, 6.07) is 55.8. The van der Waals surface area contributed by atoms with E-state index in [0.717, 1.165) is 39.0 Å². The Morgan fingerprint density at radius 1 is 0.482 bits per heavy atom. The van der Waals surface area contributed by atoms with E-state index in [1.54, 1.807) is 0 Å². The maximum Gasteiger partial charge on any atom is 0.135 e. The number of fused-ring (bicyclic) bond motifs is 7. The van der Waals surface area contributed by atoms with Gasteiger partial charge in [0.05, 0.1) is 0 Å². The zero-order valence-electron chi connectivity index (χ0n) is 32.9. The third-order valence-corrected chi connectivity index (χ3v) is 12.8. The minimum Gasteiger partial charge on any atom is -0.456 e. The molecular weight excluding hydrogens is 679 g/mol. The van der Waals surface area contributed by atoms with Gasteiger partial charge in [-0.1, -0.05) is 142 Å². The van der Waals surface area contributed by atoms with Crippen molar-refractivity contribution in [2.24, 2.45) is 0 Å². The van der Waals surface area contributed by atoms with Crippen molar-refractivity contribution in [1.29, 1.82) is 0 Å². The first-order valence-electron chi connectivity index (χ1n) is 19.8. The van der Waals surface area contributed by atoms with Gasteiger partial charge in [0.1, 0.15) is 11.2 Å². The second kappa shape index (κ2) is 12.6. The molecule has 0 saturated heterocycles. The monoisotopic (exact) mass is 723 g/mol. The van der Waals surface area contributed by atoms with Gasteiger partial charge in [-0.3, -0.25) is 0 Å². The van der Waals surface area contributed by atoms with Gasteiger partial charge in [-0.15, -0.1) is 0 Å². The van der Waals surface area contributed by atoms with E-state index in [2.05, 4.69) is 198 Å². The molecule has 1 aromatic heterocycles. The molecule has 0 unspecified atom stereocenters. The number of anilines is 3. The minimum atomic E-state index is -0.0762. The lowest BCUT2D eigenvalue weighted by molar-refractivity contribution is 0.639. The summed E-state index contributed by atoms with van der Waals surface area (Å²) in [7, 11) is 0. The van der Waals surface area contributed by atoms with Crippen molar-refractivity contribution >= 4 is 44.6 Å². The Hall–Kier alpha value is -6.38. The highest BCUT2D eigenvalue weighted by Crippen LogP contribution is 2.53. The van der Waals surface area contributed by atoms with Crippen LogP contribution in [0.3, 0.4) is 0 Å². The predicted molar refractivity (Wildman–Crippen MR) is 237 cm³/mol. The van der Waals surface area contributed by atoms with Crippen LogP contribution in [-0.2, 0) is 10.8 Å². The molecule has 2 aliphatic carbocycles. The summed E-state index contributed by atoms with van der Waals surface area (Å²) in [6.45, 7) is 13.8. The van der Waals surface area contributed by atoms with Crippen LogP contribution in [0.15, 0.2) is 174 Å². The van der Waals surface area contributed by atoms with E-state index in [1.165, 1.54) is 66.8 Å². The molecule has 272 valence electrons. The summed E-state index contributed by atoms with van der Waals surface area (Å²) >= 11 is 0. The number of benzene rings is 7. The fourth-order valence-corrected chi connectivity index (χ4v) is 9.49. The SMILES string of the molecule is C/C=C\C1=C(C)C(C)(C)c2cc(N(c3ccc(-c4ccc5oc6ccccc6c5c4)cc3)c3ccc(-c4cccc5c4-c4ccccc4C5(C)C)cc3)ccc21. The Bertz CT molecular complexity index is 2910. The lowest BCUT2D eigenvalue weighted by atomic mass is 9.82. The zero-order chi connectivity index (χ0) is 38.3. The summed E-state index contributed by atoms with van der Waals surface area (Å²) in [5, 5.41) is 2.28. The molecule has 2 aliphatic rings. The van der Waals surface area contributed by atoms with E-state index in [4.69, 9.17) is 4.42 Å². The lowest BCUT2D eigenvalue weighted by Gasteiger charge is -2.29. The van der Waals surface area contributed by atoms with Gasteiger partial charge in [0.2, 0.25) is 0 Å². The standard InChI is InChI=1S/C54H45NO/c1-7-13-41-34(2)53(3,4)49-33-40(29-30-43(41)49)55(38-25-20-35(21-26-38)37-24-31-51-46(32-37)44-14-9-11-19-50(44)56-51)39-27-22-36(23-28-39)42-16-12-18-48-52(42)45-15-8-10-17-47(45)54(48,5)6/h7-33H,1-6H3/b13-7-. The summed E-state index contributed by atoms with van der Waals surface area (Å²) < 4.78 is 6.13. The Kier molecular flexibility index (Phi) is 7.67. The van der Waals surface area contributed by atoms with Crippen molar-refractivity contribution in [2.45, 2.75) is 52.4 Å². The molecule has 0 fully saturated rings. The van der Waals surface area contributed by atoms with E-state index < -0.39 is 0 Å². The fourth-order valence-electron chi connectivity index (χ4n) is 9.49. The van der Waals surface area contributed by atoms with Crippen molar-refractivity contribution in [1.82, 2.24) is 0 Å². The lowest BCUT2D eigenvalue weighted by Crippen LogP contribution is -2.17. The third-order valence-electron chi connectivity index (χ3n) is 12.8. The number of hydrogen-bond acceptors (Lipinski definition) is 2. The molecule has 2 nitrogen and oxygen atoms in total. The van der Waals surface area contributed by atoms with Crippen LogP contribution in [0.1, 0.15) is 63.8 Å². The second-order valence-corrected chi connectivity index (χ2v) is 16.5. The number of rotatable bonds is 6. The highest BCUT2D eigenvalue weighted by Gasteiger charge is 2.37. The van der Waals surface area contributed by atoms with Gasteiger partial charge in [-0.2, -0.15) is 0 Å². The molecule has 0 bridgehead atoms. The molecular formula is C54H45NO. The van der Waals surface area contributed by atoms with Crippen molar-refractivity contribution in [2.75, 3.05) is 4.90 Å². The fraction of sp³-hybridized carbons (Fsp3) is 0.148. The number of furan rings is 1. The van der Waals surface area contributed by atoms with Crippen LogP contribution >= 0.6 is 0 Å². The molecule has 7 aromatic carbocycles. The number of para-hydroxylation sites is 1. The van der Waals surface area contributed by atoms with Gasteiger partial charge in [0.15, 0.2) is 0 Å². The average molecular weight is 724 g/mol. The van der Waals surface area contributed by atoms with Crippen LogP contribution in [0, 0.1) is 0 Å². The molecule has 0 amide bonds. The van der Waals surface area contributed by atoms with Gasteiger partial charge in [0.25, 0.3) is 0 Å². The van der Waals surface area contributed by atoms with Crippen molar-refractivity contribution in [3.05, 3.63) is 192 Å². The summed E-state index contributed by atoms with van der Waals surface area (Å²) in [4.78, 5) is 2.41. The highest BCUT2D eigenvalue weighted by atomic mass is 16.3. The van der Waals surface area contributed by atoms with Crippen LogP contribution in [0.4, 0.5) is 17.1 Å². The van der Waals surface area contributed by atoms with E-state index in [-0.39, 0.29) is 10.8 Å². The van der Waals surface area contributed by atoms with Crippen LogP contribution in [0.25, 0.3) is 60.9 Å². The van der Waals surface area contributed by atoms with Gasteiger partial charge in [0, 0.05) is 38.7 Å². The predicted octanol–water partition coefficient (Wildman–Crippen LogP) is 15.3. The van der Waals surface area contributed by atoms with Crippen molar-refractivity contribution in [3.63, 3.8) is 0 Å². The number of nitrogens with zero attached hydrogens (tertiary/aromatic N) is 1. The topological polar surface area (TPSA) is 16.4 Å². The first kappa shape index (κ1) is 34.1. The van der Waals surface area contributed by atoms with Gasteiger partial charge < -0.3 is 9.32 Å². The Morgan fingerprint density at radius 2 is 1.11 bits per heavy atom. The van der Waals surface area contributed by atoms with Crippen LogP contribution in [0.2, 0.25) is 0 Å². The number of hydrogen-bond donors (Lipinski definition) is 0. The van der Waals surface area contributed by atoms with Crippen LogP contribution in [0.5, 0.6) is 0 Å². The molecule has 0 atom stereocenters. The molecule has 2 heteroatoms. The first-order chi connectivity index (χ1) is 27.1. The summed E-state index contributed by atoms with van der Waals surface area (Å²) in [5.41, 5.74) is 20.9. The molecule has 0 spiro atoms. The smallest absolute Gasteiger partial charge is 0.135 e. The third kappa shape index (κ3) is 5.09. The molecule has 1 heterocycles. The maximum atomic E-state index is 6.13. The van der Waals surface area contributed by atoms with E-state index in [1.807, 2.05) is 12.1 Å².